The van der Waals surface area contributed by atoms with Gasteiger partial charge in [-0.2, -0.15) is 23.3 Å². The van der Waals surface area contributed by atoms with E-state index in [1.807, 2.05) is 7.05 Å². The van der Waals surface area contributed by atoms with Gasteiger partial charge in [-0.25, -0.2) is 4.68 Å². The Labute approximate surface area is 164 Å². The molecule has 0 radical (unpaired) electrons. The molecular formula is C17H18ClF3N6O. The van der Waals surface area contributed by atoms with Crippen LogP contribution in [0.25, 0.3) is 17.1 Å². The van der Waals surface area contributed by atoms with Crippen LogP contribution in [0, 0.1) is 0 Å². The average Bonchev–Trinajstić information content (AvgIpc) is 3.32. The lowest BCUT2D eigenvalue weighted by Crippen LogP contribution is -2.44. The van der Waals surface area contributed by atoms with Crippen molar-refractivity contribution in [2.75, 3.05) is 26.7 Å². The van der Waals surface area contributed by atoms with Crippen molar-refractivity contribution in [3.63, 3.8) is 0 Å². The first kappa shape index (κ1) is 20.3. The molecule has 11 heteroatoms. The Kier molecular flexibility index (Phi) is 5.73. The summed E-state index contributed by atoms with van der Waals surface area (Å²) >= 11 is 0. The third-order valence-corrected chi connectivity index (χ3v) is 4.52. The van der Waals surface area contributed by atoms with Gasteiger partial charge in [0, 0.05) is 25.2 Å². The number of rotatable bonds is 3. The molecule has 1 saturated heterocycles. The second kappa shape index (κ2) is 7.90. The first-order chi connectivity index (χ1) is 12.9. The molecule has 0 amide bonds. The molecule has 7 nitrogen and oxygen atoms in total. The molecule has 2 aromatic heterocycles. The van der Waals surface area contributed by atoms with Crippen LogP contribution < -0.4 is 5.32 Å². The van der Waals surface area contributed by atoms with Crippen LogP contribution in [0.2, 0.25) is 0 Å². The summed E-state index contributed by atoms with van der Waals surface area (Å²) in [5.74, 6) is 0.798. The Morgan fingerprint density at radius 2 is 2.07 bits per heavy atom. The fourth-order valence-electron chi connectivity index (χ4n) is 3.08. The molecule has 1 unspecified atom stereocenters. The summed E-state index contributed by atoms with van der Waals surface area (Å²) in [5.41, 5.74) is -0.0527. The number of piperazine rings is 1. The maximum Gasteiger partial charge on any atom is 0.433 e. The Balaban J connectivity index is 0.00000225. The fraction of sp³-hybridized carbons (Fsp3) is 0.353. The van der Waals surface area contributed by atoms with E-state index in [0.29, 0.717) is 17.9 Å². The van der Waals surface area contributed by atoms with Gasteiger partial charge in [0.2, 0.25) is 0 Å². The lowest BCUT2D eigenvalue weighted by molar-refractivity contribution is -0.142. The smallest absolute Gasteiger partial charge is 0.334 e. The quantitative estimate of drug-likeness (QED) is 0.710. The van der Waals surface area contributed by atoms with Crippen molar-refractivity contribution in [2.24, 2.45) is 0 Å². The first-order valence-corrected chi connectivity index (χ1v) is 8.40. The summed E-state index contributed by atoms with van der Waals surface area (Å²) in [4.78, 5) is 6.56. The van der Waals surface area contributed by atoms with Crippen LogP contribution in [0.1, 0.15) is 17.6 Å². The minimum atomic E-state index is -4.50. The van der Waals surface area contributed by atoms with Crippen molar-refractivity contribution in [1.29, 1.82) is 0 Å². The van der Waals surface area contributed by atoms with Gasteiger partial charge in [0.1, 0.15) is 5.69 Å². The van der Waals surface area contributed by atoms with E-state index >= 15 is 0 Å². The molecule has 3 heterocycles. The minimum Gasteiger partial charge on any atom is -0.334 e. The molecule has 0 aliphatic carbocycles. The summed E-state index contributed by atoms with van der Waals surface area (Å²) in [7, 11) is 1.98. The largest absolute Gasteiger partial charge is 0.433 e. The zero-order valence-electron chi connectivity index (χ0n) is 14.8. The topological polar surface area (TPSA) is 72.0 Å². The summed E-state index contributed by atoms with van der Waals surface area (Å²) in [5, 5.41) is 11.1. The SMILES string of the molecule is CN1CCNCC1c1noc(-c2cccc(-n3nccc3C(F)(F)F)c2)n1.Cl. The van der Waals surface area contributed by atoms with E-state index < -0.39 is 11.9 Å². The highest BCUT2D eigenvalue weighted by Gasteiger charge is 2.35. The number of likely N-dealkylation sites (N-methyl/N-ethyl adjacent to an activating group) is 1. The van der Waals surface area contributed by atoms with Gasteiger partial charge in [-0.15, -0.1) is 12.4 Å². The summed E-state index contributed by atoms with van der Waals surface area (Å²) in [6.07, 6.45) is -3.38. The zero-order chi connectivity index (χ0) is 19.0. The van der Waals surface area contributed by atoms with Crippen LogP contribution in [-0.4, -0.2) is 51.5 Å². The molecule has 1 aliphatic heterocycles. The molecule has 0 spiro atoms. The van der Waals surface area contributed by atoms with E-state index in [-0.39, 0.29) is 30.0 Å². The number of alkyl halides is 3. The Bertz CT molecular complexity index is 941. The van der Waals surface area contributed by atoms with Crippen molar-refractivity contribution in [2.45, 2.75) is 12.2 Å². The fourth-order valence-corrected chi connectivity index (χ4v) is 3.08. The minimum absolute atomic E-state index is 0. The highest BCUT2D eigenvalue weighted by atomic mass is 35.5. The number of hydrogen-bond donors (Lipinski definition) is 1. The number of hydrogen-bond acceptors (Lipinski definition) is 6. The molecule has 1 atom stereocenters. The van der Waals surface area contributed by atoms with E-state index in [0.717, 1.165) is 30.0 Å². The number of benzene rings is 1. The highest BCUT2D eigenvalue weighted by Crippen LogP contribution is 2.31. The van der Waals surface area contributed by atoms with Gasteiger partial charge in [-0.3, -0.25) is 4.90 Å². The summed E-state index contributed by atoms with van der Waals surface area (Å²) in [6, 6.07) is 7.35. The van der Waals surface area contributed by atoms with Crippen molar-refractivity contribution in [1.82, 2.24) is 30.1 Å². The lowest BCUT2D eigenvalue weighted by atomic mass is 10.2. The number of nitrogens with zero attached hydrogens (tertiary/aromatic N) is 5. The van der Waals surface area contributed by atoms with Crippen LogP contribution in [0.4, 0.5) is 13.2 Å². The van der Waals surface area contributed by atoms with E-state index in [1.165, 1.54) is 0 Å². The third kappa shape index (κ3) is 3.89. The second-order valence-corrected chi connectivity index (χ2v) is 6.33. The third-order valence-electron chi connectivity index (χ3n) is 4.52. The lowest BCUT2D eigenvalue weighted by Gasteiger charge is -2.30. The Morgan fingerprint density at radius 1 is 1.25 bits per heavy atom. The standard InChI is InChI=1S/C17H17F3N6O.ClH/c1-25-8-7-21-10-13(25)15-23-16(27-24-15)11-3-2-4-12(9-11)26-14(5-6-22-26)17(18,19)20;/h2-6,9,13,21H,7-8,10H2,1H3;1H. The maximum absolute atomic E-state index is 13.1. The molecule has 1 aliphatic rings. The second-order valence-electron chi connectivity index (χ2n) is 6.33. The van der Waals surface area contributed by atoms with Crippen LogP contribution in [0.15, 0.2) is 41.1 Å². The van der Waals surface area contributed by atoms with Crippen molar-refractivity contribution >= 4 is 12.4 Å². The Hall–Kier alpha value is -2.43. The van der Waals surface area contributed by atoms with Crippen LogP contribution in [0.5, 0.6) is 0 Å². The van der Waals surface area contributed by atoms with Crippen molar-refractivity contribution in [3.05, 3.63) is 48.0 Å². The molecule has 1 N–H and O–H groups in total. The van der Waals surface area contributed by atoms with Gasteiger partial charge < -0.3 is 9.84 Å². The molecule has 1 aromatic carbocycles. The molecule has 0 saturated carbocycles. The van der Waals surface area contributed by atoms with E-state index in [2.05, 4.69) is 25.5 Å². The Morgan fingerprint density at radius 3 is 2.82 bits per heavy atom. The van der Waals surface area contributed by atoms with Crippen LogP contribution >= 0.6 is 12.4 Å². The predicted octanol–water partition coefficient (Wildman–Crippen LogP) is 2.94. The van der Waals surface area contributed by atoms with Gasteiger partial charge >= 0.3 is 6.18 Å². The number of halogens is 4. The molecule has 3 aromatic rings. The van der Waals surface area contributed by atoms with Crippen LogP contribution in [-0.2, 0) is 6.18 Å². The van der Waals surface area contributed by atoms with Crippen molar-refractivity contribution in [3.8, 4) is 17.1 Å². The van der Waals surface area contributed by atoms with Gasteiger partial charge in [-0.1, -0.05) is 11.2 Å². The normalized spacial score (nSPS) is 18.1. The van der Waals surface area contributed by atoms with E-state index in [9.17, 15) is 13.2 Å². The summed E-state index contributed by atoms with van der Waals surface area (Å²) < 4.78 is 45.6. The highest BCUT2D eigenvalue weighted by molar-refractivity contribution is 5.85. The summed E-state index contributed by atoms with van der Waals surface area (Å²) in [6.45, 7) is 2.46. The number of nitrogens with one attached hydrogen (secondary N) is 1. The van der Waals surface area contributed by atoms with Crippen LogP contribution in [0.3, 0.4) is 0 Å². The van der Waals surface area contributed by atoms with E-state index in [1.54, 1.807) is 24.3 Å². The molecule has 150 valence electrons. The first-order valence-electron chi connectivity index (χ1n) is 8.40. The molecule has 28 heavy (non-hydrogen) atoms. The predicted molar refractivity (Wildman–Crippen MR) is 97.3 cm³/mol. The van der Waals surface area contributed by atoms with Gasteiger partial charge in [0.15, 0.2) is 5.82 Å². The maximum atomic E-state index is 13.1. The molecule has 1 fully saturated rings. The molecular weight excluding hydrogens is 397 g/mol. The monoisotopic (exact) mass is 414 g/mol. The average molecular weight is 415 g/mol. The molecule has 4 rings (SSSR count). The van der Waals surface area contributed by atoms with Crippen molar-refractivity contribution < 1.29 is 17.7 Å². The van der Waals surface area contributed by atoms with Gasteiger partial charge in [0.05, 0.1) is 17.9 Å². The zero-order valence-corrected chi connectivity index (χ0v) is 15.7. The van der Waals surface area contributed by atoms with Gasteiger partial charge in [-0.05, 0) is 31.3 Å². The van der Waals surface area contributed by atoms with Gasteiger partial charge in [0.25, 0.3) is 5.89 Å². The van der Waals surface area contributed by atoms with E-state index in [4.69, 9.17) is 4.52 Å². The molecule has 0 bridgehead atoms. The number of aromatic nitrogens is 4.